The number of nitrogens with one attached hydrogen (secondary N) is 2. The molecular formula is C13H17ClN2OS. The van der Waals surface area contributed by atoms with Gasteiger partial charge < -0.3 is 10.6 Å². The molecule has 5 heteroatoms. The van der Waals surface area contributed by atoms with Gasteiger partial charge in [-0.1, -0.05) is 11.6 Å². The van der Waals surface area contributed by atoms with E-state index < -0.39 is 0 Å². The molecule has 0 bridgehead atoms. The number of hydrogen-bond acceptors (Lipinski definition) is 3. The normalized spacial score (nSPS) is 19.5. The maximum Gasteiger partial charge on any atom is 0.238 e. The van der Waals surface area contributed by atoms with Crippen LogP contribution in [0.1, 0.15) is 12.8 Å². The molecule has 0 aliphatic carbocycles. The minimum absolute atomic E-state index is 0.00658. The number of carbonyl (C=O) groups is 1. The lowest BCUT2D eigenvalue weighted by Gasteiger charge is -2.22. The molecule has 0 aromatic heterocycles. The summed E-state index contributed by atoms with van der Waals surface area (Å²) >= 11 is 7.73. The standard InChI is InChI=1S/C13H17ClN2OS/c14-10-3-5-11(6-4-10)16-13(17)8-15-12-2-1-7-18-9-12/h3-6,12,15H,1-2,7-9H2,(H,16,17). The number of anilines is 1. The summed E-state index contributed by atoms with van der Waals surface area (Å²) in [5.74, 6) is 2.34. The maximum absolute atomic E-state index is 11.7. The molecule has 1 atom stereocenters. The van der Waals surface area contributed by atoms with Crippen molar-refractivity contribution in [2.45, 2.75) is 18.9 Å². The van der Waals surface area contributed by atoms with Crippen molar-refractivity contribution in [3.8, 4) is 0 Å². The summed E-state index contributed by atoms with van der Waals surface area (Å²) in [5, 5.41) is 6.81. The predicted molar refractivity (Wildman–Crippen MR) is 78.4 cm³/mol. The van der Waals surface area contributed by atoms with E-state index in [1.165, 1.54) is 18.6 Å². The quantitative estimate of drug-likeness (QED) is 0.893. The van der Waals surface area contributed by atoms with E-state index in [1.54, 1.807) is 24.3 Å². The van der Waals surface area contributed by atoms with Crippen LogP contribution in [0.4, 0.5) is 5.69 Å². The Hall–Kier alpha value is -0.710. The fourth-order valence-corrected chi connectivity index (χ4v) is 3.11. The highest BCUT2D eigenvalue weighted by Gasteiger charge is 2.14. The molecule has 1 aliphatic heterocycles. The Balaban J connectivity index is 1.73. The van der Waals surface area contributed by atoms with Crippen LogP contribution >= 0.6 is 23.4 Å². The third kappa shape index (κ3) is 4.52. The highest BCUT2D eigenvalue weighted by atomic mass is 35.5. The summed E-state index contributed by atoms with van der Waals surface area (Å²) < 4.78 is 0. The van der Waals surface area contributed by atoms with Gasteiger partial charge in [-0.15, -0.1) is 0 Å². The fraction of sp³-hybridized carbons (Fsp3) is 0.462. The largest absolute Gasteiger partial charge is 0.325 e. The Labute approximate surface area is 117 Å². The Morgan fingerprint density at radius 3 is 2.83 bits per heavy atom. The molecule has 0 saturated carbocycles. The number of amides is 1. The third-order valence-electron chi connectivity index (χ3n) is 2.84. The summed E-state index contributed by atoms with van der Waals surface area (Å²) in [6, 6.07) is 7.61. The second kappa shape index (κ2) is 7.02. The molecule has 1 amide bonds. The Morgan fingerprint density at radius 1 is 1.39 bits per heavy atom. The zero-order valence-electron chi connectivity index (χ0n) is 10.1. The van der Waals surface area contributed by atoms with Gasteiger partial charge in [0.15, 0.2) is 0 Å². The first-order chi connectivity index (χ1) is 8.74. The Bertz CT molecular complexity index is 390. The summed E-state index contributed by atoms with van der Waals surface area (Å²) in [6.45, 7) is 0.369. The fourth-order valence-electron chi connectivity index (χ4n) is 1.88. The lowest BCUT2D eigenvalue weighted by Crippen LogP contribution is -2.39. The van der Waals surface area contributed by atoms with Gasteiger partial charge in [0, 0.05) is 22.5 Å². The lowest BCUT2D eigenvalue weighted by atomic mass is 10.2. The molecular weight excluding hydrogens is 268 g/mol. The van der Waals surface area contributed by atoms with E-state index in [-0.39, 0.29) is 5.91 Å². The van der Waals surface area contributed by atoms with Crippen molar-refractivity contribution in [1.29, 1.82) is 0 Å². The van der Waals surface area contributed by atoms with E-state index in [9.17, 15) is 4.79 Å². The molecule has 1 unspecified atom stereocenters. The number of rotatable bonds is 4. The van der Waals surface area contributed by atoms with Crippen LogP contribution in [0.25, 0.3) is 0 Å². The van der Waals surface area contributed by atoms with Crippen LogP contribution in [0.5, 0.6) is 0 Å². The number of benzene rings is 1. The van der Waals surface area contributed by atoms with Gasteiger partial charge in [-0.3, -0.25) is 4.79 Å². The van der Waals surface area contributed by atoms with E-state index >= 15 is 0 Å². The average Bonchev–Trinajstić information content (AvgIpc) is 2.40. The highest BCUT2D eigenvalue weighted by Crippen LogP contribution is 2.17. The van der Waals surface area contributed by atoms with Crippen LogP contribution in [-0.2, 0) is 4.79 Å². The van der Waals surface area contributed by atoms with Gasteiger partial charge in [-0.05, 0) is 42.9 Å². The van der Waals surface area contributed by atoms with Gasteiger partial charge in [0.1, 0.15) is 0 Å². The van der Waals surface area contributed by atoms with Crippen LogP contribution in [0.2, 0.25) is 5.02 Å². The van der Waals surface area contributed by atoms with Gasteiger partial charge in [-0.2, -0.15) is 11.8 Å². The Kier molecular flexibility index (Phi) is 5.35. The van der Waals surface area contributed by atoms with Gasteiger partial charge >= 0.3 is 0 Å². The molecule has 1 aliphatic rings. The van der Waals surface area contributed by atoms with Crippen LogP contribution in [0.15, 0.2) is 24.3 Å². The summed E-state index contributed by atoms with van der Waals surface area (Å²) in [7, 11) is 0. The molecule has 2 N–H and O–H groups in total. The topological polar surface area (TPSA) is 41.1 Å². The zero-order valence-corrected chi connectivity index (χ0v) is 11.7. The highest BCUT2D eigenvalue weighted by molar-refractivity contribution is 7.99. The molecule has 3 nitrogen and oxygen atoms in total. The van der Waals surface area contributed by atoms with Crippen molar-refractivity contribution in [1.82, 2.24) is 5.32 Å². The summed E-state index contributed by atoms with van der Waals surface area (Å²) in [5.41, 5.74) is 0.782. The van der Waals surface area contributed by atoms with E-state index in [4.69, 9.17) is 11.6 Å². The summed E-state index contributed by atoms with van der Waals surface area (Å²) in [6.07, 6.45) is 2.41. The van der Waals surface area contributed by atoms with Gasteiger partial charge in [0.2, 0.25) is 5.91 Å². The van der Waals surface area contributed by atoms with Crippen molar-refractivity contribution >= 4 is 35.0 Å². The van der Waals surface area contributed by atoms with Crippen LogP contribution in [0, 0.1) is 0 Å². The Morgan fingerprint density at radius 2 is 2.17 bits per heavy atom. The first-order valence-electron chi connectivity index (χ1n) is 6.10. The molecule has 1 heterocycles. The van der Waals surface area contributed by atoms with Crippen LogP contribution < -0.4 is 10.6 Å². The molecule has 1 aromatic rings. The third-order valence-corrected chi connectivity index (χ3v) is 4.31. The van der Waals surface area contributed by atoms with Crippen molar-refractivity contribution in [2.24, 2.45) is 0 Å². The maximum atomic E-state index is 11.7. The number of thioether (sulfide) groups is 1. The van der Waals surface area contributed by atoms with Crippen molar-refractivity contribution in [2.75, 3.05) is 23.4 Å². The second-order valence-electron chi connectivity index (χ2n) is 4.35. The van der Waals surface area contributed by atoms with Gasteiger partial charge in [0.05, 0.1) is 6.54 Å². The van der Waals surface area contributed by atoms with Crippen molar-refractivity contribution in [3.63, 3.8) is 0 Å². The molecule has 0 spiro atoms. The number of halogens is 1. The van der Waals surface area contributed by atoms with E-state index in [0.717, 1.165) is 11.4 Å². The molecule has 18 heavy (non-hydrogen) atoms. The first-order valence-corrected chi connectivity index (χ1v) is 7.64. The van der Waals surface area contributed by atoms with E-state index in [2.05, 4.69) is 10.6 Å². The van der Waals surface area contributed by atoms with Gasteiger partial charge in [0.25, 0.3) is 0 Å². The number of hydrogen-bond donors (Lipinski definition) is 2. The van der Waals surface area contributed by atoms with Crippen molar-refractivity contribution in [3.05, 3.63) is 29.3 Å². The smallest absolute Gasteiger partial charge is 0.238 e. The second-order valence-corrected chi connectivity index (χ2v) is 5.94. The molecule has 1 fully saturated rings. The zero-order chi connectivity index (χ0) is 12.8. The molecule has 98 valence electrons. The van der Waals surface area contributed by atoms with Crippen LogP contribution in [-0.4, -0.2) is 30.0 Å². The number of carbonyl (C=O) groups excluding carboxylic acids is 1. The molecule has 0 radical (unpaired) electrons. The molecule has 2 rings (SSSR count). The SMILES string of the molecule is O=C(CNC1CCCSC1)Nc1ccc(Cl)cc1. The minimum atomic E-state index is -0.00658. The van der Waals surface area contributed by atoms with Crippen molar-refractivity contribution < 1.29 is 4.79 Å². The van der Waals surface area contributed by atoms with E-state index in [0.29, 0.717) is 17.6 Å². The molecule has 1 aromatic carbocycles. The van der Waals surface area contributed by atoms with Gasteiger partial charge in [-0.25, -0.2) is 0 Å². The average molecular weight is 285 g/mol. The molecule has 1 saturated heterocycles. The van der Waals surface area contributed by atoms with Crippen LogP contribution in [0.3, 0.4) is 0 Å². The predicted octanol–water partition coefficient (Wildman–Crippen LogP) is 2.76. The van der Waals surface area contributed by atoms with E-state index in [1.807, 2.05) is 11.8 Å². The first kappa shape index (κ1) is 13.7. The summed E-state index contributed by atoms with van der Waals surface area (Å²) in [4.78, 5) is 11.7. The lowest BCUT2D eigenvalue weighted by molar-refractivity contribution is -0.115. The monoisotopic (exact) mass is 284 g/mol. The minimum Gasteiger partial charge on any atom is -0.325 e.